The highest BCUT2D eigenvalue weighted by Gasteiger charge is 2.21. The van der Waals surface area contributed by atoms with E-state index in [1.807, 2.05) is 25.6 Å². The van der Waals surface area contributed by atoms with Crippen LogP contribution in [0.4, 0.5) is 0 Å². The van der Waals surface area contributed by atoms with Crippen LogP contribution in [0.25, 0.3) is 0 Å². The Hall–Kier alpha value is -0.260. The lowest BCUT2D eigenvalue weighted by molar-refractivity contribution is -0.123. The van der Waals surface area contributed by atoms with Crippen molar-refractivity contribution in [2.24, 2.45) is 0 Å². The molecule has 1 aliphatic heterocycles. The second kappa shape index (κ2) is 7.09. The Bertz CT molecular complexity index is 196. The Morgan fingerprint density at radius 2 is 2.53 bits per heavy atom. The molecule has 1 saturated heterocycles. The molecule has 0 aromatic rings. The lowest BCUT2D eigenvalue weighted by atomic mass is 10.2. The number of carbonyl (C=O) groups excluding carboxylic acids is 1. The molecule has 5 heteroatoms. The Labute approximate surface area is 95.5 Å². The number of ether oxygens (including phenoxy) is 1. The largest absolute Gasteiger partial charge is 0.380 e. The van der Waals surface area contributed by atoms with Crippen molar-refractivity contribution in [2.75, 3.05) is 31.3 Å². The van der Waals surface area contributed by atoms with E-state index in [0.29, 0.717) is 13.2 Å². The summed E-state index contributed by atoms with van der Waals surface area (Å²) >= 11 is 1.82. The first kappa shape index (κ1) is 12.8. The highest BCUT2D eigenvalue weighted by atomic mass is 32.2. The minimum atomic E-state index is -0.0344. The smallest absolute Gasteiger partial charge is 0.238 e. The van der Waals surface area contributed by atoms with E-state index in [2.05, 4.69) is 10.6 Å². The molecule has 2 unspecified atom stereocenters. The normalized spacial score (nSPS) is 23.5. The van der Waals surface area contributed by atoms with Crippen LogP contribution in [0.2, 0.25) is 0 Å². The fourth-order valence-corrected chi connectivity index (χ4v) is 2.35. The van der Waals surface area contributed by atoms with Gasteiger partial charge in [-0.25, -0.2) is 0 Å². The topological polar surface area (TPSA) is 50.4 Å². The maximum Gasteiger partial charge on any atom is 0.238 e. The van der Waals surface area contributed by atoms with Gasteiger partial charge in [-0.1, -0.05) is 0 Å². The van der Waals surface area contributed by atoms with Crippen LogP contribution in [0.1, 0.15) is 13.8 Å². The Kier molecular flexibility index (Phi) is 6.05. The van der Waals surface area contributed by atoms with E-state index in [1.54, 1.807) is 0 Å². The molecule has 0 aromatic carbocycles. The number of nitrogens with one attached hydrogen (secondary N) is 2. The molecule has 88 valence electrons. The van der Waals surface area contributed by atoms with E-state index < -0.39 is 0 Å². The Balaban J connectivity index is 2.21. The van der Waals surface area contributed by atoms with Crippen LogP contribution in [0.5, 0.6) is 0 Å². The molecule has 1 rings (SSSR count). The number of hydrogen-bond acceptors (Lipinski definition) is 4. The lowest BCUT2D eigenvalue weighted by Gasteiger charge is -2.24. The summed E-state index contributed by atoms with van der Waals surface area (Å²) < 4.78 is 5.24. The molecular weight excluding hydrogens is 212 g/mol. The van der Waals surface area contributed by atoms with Gasteiger partial charge in [0.25, 0.3) is 0 Å². The van der Waals surface area contributed by atoms with Gasteiger partial charge in [0, 0.05) is 30.7 Å². The molecule has 0 saturated carbocycles. The third-order valence-corrected chi connectivity index (χ3v) is 3.26. The van der Waals surface area contributed by atoms with Crippen LogP contribution >= 0.6 is 11.8 Å². The van der Waals surface area contributed by atoms with Gasteiger partial charge in [0.15, 0.2) is 0 Å². The third-order valence-electron chi connectivity index (χ3n) is 2.20. The van der Waals surface area contributed by atoms with Crippen molar-refractivity contribution in [3.63, 3.8) is 0 Å². The van der Waals surface area contributed by atoms with Crippen molar-refractivity contribution in [1.82, 2.24) is 10.6 Å². The van der Waals surface area contributed by atoms with E-state index in [9.17, 15) is 4.79 Å². The standard InChI is InChI=1S/C10H20N2O2S/c1-3-14-6-8(2)12-10(13)9-7-15-5-4-11-9/h8-9,11H,3-7H2,1-2H3,(H,12,13). The van der Waals surface area contributed by atoms with Crippen molar-refractivity contribution in [1.29, 1.82) is 0 Å². The summed E-state index contributed by atoms with van der Waals surface area (Å²) in [5.74, 6) is 2.06. The van der Waals surface area contributed by atoms with Crippen LogP contribution in [-0.4, -0.2) is 49.3 Å². The monoisotopic (exact) mass is 232 g/mol. The molecule has 2 N–H and O–H groups in total. The second-order valence-corrected chi connectivity index (χ2v) is 4.80. The first-order valence-corrected chi connectivity index (χ1v) is 6.58. The van der Waals surface area contributed by atoms with Crippen LogP contribution in [0.15, 0.2) is 0 Å². The molecule has 0 spiro atoms. The summed E-state index contributed by atoms with van der Waals surface area (Å²) in [6.45, 7) is 6.11. The average Bonchev–Trinajstić information content (AvgIpc) is 2.27. The molecular formula is C10H20N2O2S. The van der Waals surface area contributed by atoms with Crippen LogP contribution in [-0.2, 0) is 9.53 Å². The highest BCUT2D eigenvalue weighted by Crippen LogP contribution is 2.07. The van der Waals surface area contributed by atoms with Crippen molar-refractivity contribution < 1.29 is 9.53 Å². The van der Waals surface area contributed by atoms with Gasteiger partial charge in [-0.15, -0.1) is 0 Å². The van der Waals surface area contributed by atoms with Crippen LogP contribution in [0, 0.1) is 0 Å². The van der Waals surface area contributed by atoms with Gasteiger partial charge in [0.05, 0.1) is 12.6 Å². The van der Waals surface area contributed by atoms with Crippen LogP contribution < -0.4 is 10.6 Å². The van der Waals surface area contributed by atoms with Gasteiger partial charge in [0.2, 0.25) is 5.91 Å². The number of rotatable bonds is 5. The molecule has 0 radical (unpaired) electrons. The first-order chi connectivity index (χ1) is 7.24. The van der Waals surface area contributed by atoms with E-state index in [1.165, 1.54) is 0 Å². The quantitative estimate of drug-likeness (QED) is 0.712. The van der Waals surface area contributed by atoms with E-state index in [-0.39, 0.29) is 18.0 Å². The average molecular weight is 232 g/mol. The van der Waals surface area contributed by atoms with E-state index >= 15 is 0 Å². The number of thioether (sulfide) groups is 1. The predicted molar refractivity (Wildman–Crippen MR) is 63.2 cm³/mol. The summed E-state index contributed by atoms with van der Waals surface area (Å²) in [5.41, 5.74) is 0. The Morgan fingerprint density at radius 1 is 1.73 bits per heavy atom. The molecule has 0 bridgehead atoms. The Morgan fingerprint density at radius 3 is 3.13 bits per heavy atom. The number of hydrogen-bond donors (Lipinski definition) is 2. The van der Waals surface area contributed by atoms with E-state index in [4.69, 9.17) is 4.74 Å². The zero-order chi connectivity index (χ0) is 11.1. The molecule has 1 heterocycles. The van der Waals surface area contributed by atoms with Gasteiger partial charge >= 0.3 is 0 Å². The fourth-order valence-electron chi connectivity index (χ4n) is 1.41. The molecule has 1 aliphatic rings. The maximum atomic E-state index is 11.7. The van der Waals surface area contributed by atoms with Crippen molar-refractivity contribution in [3.8, 4) is 0 Å². The molecule has 4 nitrogen and oxygen atoms in total. The molecule has 2 atom stereocenters. The van der Waals surface area contributed by atoms with Crippen molar-refractivity contribution in [2.45, 2.75) is 25.9 Å². The fraction of sp³-hybridized carbons (Fsp3) is 0.900. The second-order valence-electron chi connectivity index (χ2n) is 3.65. The molecule has 0 aliphatic carbocycles. The van der Waals surface area contributed by atoms with Gasteiger partial charge in [0.1, 0.15) is 0 Å². The van der Waals surface area contributed by atoms with Gasteiger partial charge in [-0.3, -0.25) is 4.79 Å². The summed E-state index contributed by atoms with van der Waals surface area (Å²) in [5, 5.41) is 6.15. The summed E-state index contributed by atoms with van der Waals surface area (Å²) in [6, 6.07) is 0.0546. The zero-order valence-corrected chi connectivity index (χ0v) is 10.2. The molecule has 15 heavy (non-hydrogen) atoms. The van der Waals surface area contributed by atoms with Crippen molar-refractivity contribution in [3.05, 3.63) is 0 Å². The van der Waals surface area contributed by atoms with Gasteiger partial charge < -0.3 is 15.4 Å². The zero-order valence-electron chi connectivity index (χ0n) is 9.41. The van der Waals surface area contributed by atoms with Crippen LogP contribution in [0.3, 0.4) is 0 Å². The van der Waals surface area contributed by atoms with Gasteiger partial charge in [-0.05, 0) is 13.8 Å². The highest BCUT2D eigenvalue weighted by molar-refractivity contribution is 7.99. The minimum absolute atomic E-state index is 0.0344. The number of carbonyl (C=O) groups is 1. The molecule has 0 aromatic heterocycles. The molecule has 1 amide bonds. The summed E-state index contributed by atoms with van der Waals surface area (Å²) in [6.07, 6.45) is 0. The lowest BCUT2D eigenvalue weighted by Crippen LogP contribution is -2.51. The maximum absolute atomic E-state index is 11.7. The first-order valence-electron chi connectivity index (χ1n) is 5.43. The summed E-state index contributed by atoms with van der Waals surface area (Å²) in [7, 11) is 0. The van der Waals surface area contributed by atoms with Crippen molar-refractivity contribution >= 4 is 17.7 Å². The third kappa shape index (κ3) is 4.86. The minimum Gasteiger partial charge on any atom is -0.380 e. The van der Waals surface area contributed by atoms with Gasteiger partial charge in [-0.2, -0.15) is 11.8 Å². The SMILES string of the molecule is CCOCC(C)NC(=O)C1CSCCN1. The van der Waals surface area contributed by atoms with E-state index in [0.717, 1.165) is 18.1 Å². The predicted octanol–water partition coefficient (Wildman–Crippen LogP) is 0.233. The number of amides is 1. The summed E-state index contributed by atoms with van der Waals surface area (Å²) in [4.78, 5) is 11.7. The molecule has 1 fully saturated rings.